The lowest BCUT2D eigenvalue weighted by Gasteiger charge is -2.47. The Hall–Kier alpha value is -0.0900. The van der Waals surface area contributed by atoms with Crippen LogP contribution in [-0.4, -0.2) is 24.0 Å². The Bertz CT molecular complexity index is 432. The van der Waals surface area contributed by atoms with Crippen LogP contribution in [0, 0.1) is 11.8 Å². The van der Waals surface area contributed by atoms with Gasteiger partial charge in [0, 0.05) is 23.5 Å². The van der Waals surface area contributed by atoms with Crippen molar-refractivity contribution >= 4 is 22.9 Å². The van der Waals surface area contributed by atoms with Gasteiger partial charge in [0.25, 0.3) is 0 Å². The molecule has 1 fully saturated rings. The maximum Gasteiger partial charge on any atom is 0.0931 e. The zero-order valence-electron chi connectivity index (χ0n) is 12.9. The molecule has 1 saturated carbocycles. The molecule has 0 spiro atoms. The van der Waals surface area contributed by atoms with Crippen molar-refractivity contribution in [3.8, 4) is 0 Å². The zero-order valence-corrected chi connectivity index (χ0v) is 14.4. The van der Waals surface area contributed by atoms with Crippen molar-refractivity contribution in [3.05, 3.63) is 21.3 Å². The Labute approximate surface area is 132 Å². The van der Waals surface area contributed by atoms with Gasteiger partial charge >= 0.3 is 0 Å². The SMILES string of the molecule is CC(C)C1CCCC(CN)(N(C)Cc2ccc(Cl)s2)C1. The first-order valence-electron chi connectivity index (χ1n) is 7.62. The van der Waals surface area contributed by atoms with Crippen LogP contribution in [0.15, 0.2) is 12.1 Å². The summed E-state index contributed by atoms with van der Waals surface area (Å²) in [6.45, 7) is 6.40. The molecular formula is C16H27ClN2S. The van der Waals surface area contributed by atoms with Crippen LogP contribution < -0.4 is 5.73 Å². The molecule has 1 aliphatic rings. The predicted octanol–water partition coefficient (Wildman–Crippen LogP) is 4.38. The van der Waals surface area contributed by atoms with E-state index < -0.39 is 0 Å². The fourth-order valence-electron chi connectivity index (χ4n) is 3.48. The van der Waals surface area contributed by atoms with Crippen molar-refractivity contribution in [2.75, 3.05) is 13.6 Å². The van der Waals surface area contributed by atoms with Gasteiger partial charge in [-0.1, -0.05) is 38.3 Å². The standard InChI is InChI=1S/C16H27ClN2S/c1-12(2)13-5-4-8-16(9-13,11-18)19(3)10-14-6-7-15(17)20-14/h6-7,12-13H,4-5,8-11,18H2,1-3H3. The average molecular weight is 315 g/mol. The Morgan fingerprint density at radius 1 is 1.50 bits per heavy atom. The monoisotopic (exact) mass is 314 g/mol. The van der Waals surface area contributed by atoms with Crippen LogP contribution in [0.5, 0.6) is 0 Å². The van der Waals surface area contributed by atoms with E-state index in [1.807, 2.05) is 6.07 Å². The van der Waals surface area contributed by atoms with E-state index in [9.17, 15) is 0 Å². The lowest BCUT2D eigenvalue weighted by Crippen LogP contribution is -2.54. The van der Waals surface area contributed by atoms with Crippen molar-refractivity contribution in [1.29, 1.82) is 0 Å². The highest BCUT2D eigenvalue weighted by Gasteiger charge is 2.39. The molecule has 2 rings (SSSR count). The molecule has 1 aliphatic carbocycles. The molecule has 4 heteroatoms. The third-order valence-corrected chi connectivity index (χ3v) is 6.23. The smallest absolute Gasteiger partial charge is 0.0931 e. The molecule has 0 amide bonds. The first-order chi connectivity index (χ1) is 9.47. The van der Waals surface area contributed by atoms with Gasteiger partial charge in [0.1, 0.15) is 0 Å². The summed E-state index contributed by atoms with van der Waals surface area (Å²) in [6, 6.07) is 4.12. The van der Waals surface area contributed by atoms with Gasteiger partial charge in [-0.25, -0.2) is 0 Å². The molecule has 2 unspecified atom stereocenters. The summed E-state index contributed by atoms with van der Waals surface area (Å²) in [5.41, 5.74) is 6.37. The lowest BCUT2D eigenvalue weighted by molar-refractivity contribution is 0.0403. The summed E-state index contributed by atoms with van der Waals surface area (Å²) in [7, 11) is 2.23. The van der Waals surface area contributed by atoms with E-state index in [2.05, 4.69) is 31.9 Å². The molecule has 1 aromatic rings. The molecule has 2 atom stereocenters. The van der Waals surface area contributed by atoms with Crippen LogP contribution in [0.4, 0.5) is 0 Å². The summed E-state index contributed by atoms with van der Waals surface area (Å²) in [6.07, 6.45) is 5.12. The van der Waals surface area contributed by atoms with Crippen LogP contribution in [0.25, 0.3) is 0 Å². The number of nitrogens with two attached hydrogens (primary N) is 1. The van der Waals surface area contributed by atoms with Gasteiger partial charge in [-0.2, -0.15) is 0 Å². The van der Waals surface area contributed by atoms with Gasteiger partial charge < -0.3 is 5.73 Å². The fraction of sp³-hybridized carbons (Fsp3) is 0.750. The van der Waals surface area contributed by atoms with Gasteiger partial charge in [-0.3, -0.25) is 4.90 Å². The minimum atomic E-state index is 0.170. The number of hydrogen-bond acceptors (Lipinski definition) is 3. The predicted molar refractivity (Wildman–Crippen MR) is 89.4 cm³/mol. The topological polar surface area (TPSA) is 29.3 Å². The minimum absolute atomic E-state index is 0.170. The van der Waals surface area contributed by atoms with Crippen molar-refractivity contribution in [2.24, 2.45) is 17.6 Å². The highest BCUT2D eigenvalue weighted by Crippen LogP contribution is 2.40. The summed E-state index contributed by atoms with van der Waals surface area (Å²) in [5, 5.41) is 0. The Kier molecular flexibility index (Phi) is 5.52. The fourth-order valence-corrected chi connectivity index (χ4v) is 4.62. The summed E-state index contributed by atoms with van der Waals surface area (Å²) in [4.78, 5) is 3.81. The van der Waals surface area contributed by atoms with Crippen LogP contribution in [-0.2, 0) is 6.54 Å². The Morgan fingerprint density at radius 2 is 2.25 bits per heavy atom. The Balaban J connectivity index is 2.08. The lowest BCUT2D eigenvalue weighted by atomic mass is 9.71. The molecule has 2 N–H and O–H groups in total. The molecular weight excluding hydrogens is 288 g/mol. The normalized spacial score (nSPS) is 27.4. The van der Waals surface area contributed by atoms with Crippen molar-refractivity contribution < 1.29 is 0 Å². The van der Waals surface area contributed by atoms with E-state index in [-0.39, 0.29) is 5.54 Å². The van der Waals surface area contributed by atoms with Gasteiger partial charge in [0.15, 0.2) is 0 Å². The highest BCUT2D eigenvalue weighted by atomic mass is 35.5. The number of nitrogens with zero attached hydrogens (tertiary/aromatic N) is 1. The van der Waals surface area contributed by atoms with E-state index >= 15 is 0 Å². The highest BCUT2D eigenvalue weighted by molar-refractivity contribution is 7.16. The first kappa shape index (κ1) is 16.3. The molecule has 0 bridgehead atoms. The second-order valence-corrected chi connectivity index (χ2v) is 8.39. The number of rotatable bonds is 5. The number of thiophene rings is 1. The largest absolute Gasteiger partial charge is 0.329 e. The van der Waals surface area contributed by atoms with E-state index in [1.165, 1.54) is 30.6 Å². The zero-order chi connectivity index (χ0) is 14.8. The molecule has 0 radical (unpaired) electrons. The van der Waals surface area contributed by atoms with E-state index in [0.717, 1.165) is 29.3 Å². The van der Waals surface area contributed by atoms with Gasteiger partial charge in [-0.05, 0) is 43.9 Å². The average Bonchev–Trinajstić information content (AvgIpc) is 2.84. The Morgan fingerprint density at radius 3 is 2.80 bits per heavy atom. The summed E-state index contributed by atoms with van der Waals surface area (Å²) < 4.78 is 0.874. The molecule has 1 aromatic heterocycles. The van der Waals surface area contributed by atoms with E-state index in [0.29, 0.717) is 0 Å². The maximum atomic E-state index is 6.20. The summed E-state index contributed by atoms with van der Waals surface area (Å²) in [5.74, 6) is 1.56. The van der Waals surface area contributed by atoms with Crippen molar-refractivity contribution in [3.63, 3.8) is 0 Å². The van der Waals surface area contributed by atoms with Crippen LogP contribution >= 0.6 is 22.9 Å². The minimum Gasteiger partial charge on any atom is -0.329 e. The first-order valence-corrected chi connectivity index (χ1v) is 8.82. The number of halogens is 1. The van der Waals surface area contributed by atoms with E-state index in [1.54, 1.807) is 11.3 Å². The maximum absolute atomic E-state index is 6.20. The molecule has 2 nitrogen and oxygen atoms in total. The van der Waals surface area contributed by atoms with Crippen LogP contribution in [0.2, 0.25) is 4.34 Å². The quantitative estimate of drug-likeness (QED) is 0.874. The third-order valence-electron chi connectivity index (χ3n) is 5.01. The number of hydrogen-bond donors (Lipinski definition) is 1. The van der Waals surface area contributed by atoms with Crippen molar-refractivity contribution in [1.82, 2.24) is 4.90 Å². The van der Waals surface area contributed by atoms with Gasteiger partial charge in [0.2, 0.25) is 0 Å². The van der Waals surface area contributed by atoms with E-state index in [4.69, 9.17) is 17.3 Å². The van der Waals surface area contributed by atoms with Crippen molar-refractivity contribution in [2.45, 2.75) is 51.6 Å². The van der Waals surface area contributed by atoms with Gasteiger partial charge in [0.05, 0.1) is 4.34 Å². The molecule has 1 heterocycles. The van der Waals surface area contributed by atoms with Crippen LogP contribution in [0.1, 0.15) is 44.4 Å². The second-order valence-electron chi connectivity index (χ2n) is 6.59. The number of likely N-dealkylation sites (N-methyl/N-ethyl adjacent to an activating group) is 1. The molecule has 0 aliphatic heterocycles. The third kappa shape index (κ3) is 3.56. The molecule has 0 saturated heterocycles. The molecule has 0 aromatic carbocycles. The second kappa shape index (κ2) is 6.78. The van der Waals surface area contributed by atoms with Crippen LogP contribution in [0.3, 0.4) is 0 Å². The summed E-state index contributed by atoms with van der Waals surface area (Å²) >= 11 is 7.72. The molecule has 20 heavy (non-hydrogen) atoms. The molecule has 114 valence electrons. The van der Waals surface area contributed by atoms with Gasteiger partial charge in [-0.15, -0.1) is 11.3 Å².